The fourth-order valence-corrected chi connectivity index (χ4v) is 4.98. The summed E-state index contributed by atoms with van der Waals surface area (Å²) in [6.45, 7) is 5.52. The molecule has 0 radical (unpaired) electrons. The SMILES string of the molecule is C[C@@H](C#N)CN(C)S(=O)(=O)N1CCC[C@H](N2CCCC2)CC1. The second-order valence-corrected chi connectivity index (χ2v) is 8.58. The Bertz CT molecular complexity index is 496. The highest BCUT2D eigenvalue weighted by Crippen LogP contribution is 2.23. The maximum absolute atomic E-state index is 12.6. The number of nitrogens with zero attached hydrogens (tertiary/aromatic N) is 4. The average molecular weight is 328 g/mol. The minimum Gasteiger partial charge on any atom is -0.300 e. The first-order chi connectivity index (χ1) is 10.4. The molecule has 2 heterocycles. The van der Waals surface area contributed by atoms with Gasteiger partial charge >= 0.3 is 0 Å². The largest absolute Gasteiger partial charge is 0.300 e. The topological polar surface area (TPSA) is 67.6 Å². The van der Waals surface area contributed by atoms with Crippen LogP contribution in [0.15, 0.2) is 0 Å². The maximum Gasteiger partial charge on any atom is 0.281 e. The van der Waals surface area contributed by atoms with E-state index in [0.717, 1.165) is 32.4 Å². The molecule has 22 heavy (non-hydrogen) atoms. The first-order valence-corrected chi connectivity index (χ1v) is 9.70. The Kier molecular flexibility index (Phi) is 6.21. The van der Waals surface area contributed by atoms with Crippen molar-refractivity contribution in [3.63, 3.8) is 0 Å². The van der Waals surface area contributed by atoms with E-state index in [9.17, 15) is 8.42 Å². The number of likely N-dealkylation sites (tertiary alicyclic amines) is 1. The van der Waals surface area contributed by atoms with E-state index in [1.54, 1.807) is 18.3 Å². The minimum atomic E-state index is -3.44. The van der Waals surface area contributed by atoms with E-state index in [1.807, 2.05) is 0 Å². The van der Waals surface area contributed by atoms with Gasteiger partial charge in [-0.25, -0.2) is 0 Å². The zero-order chi connectivity index (χ0) is 16.2. The van der Waals surface area contributed by atoms with Gasteiger partial charge in [0.2, 0.25) is 0 Å². The molecule has 7 heteroatoms. The van der Waals surface area contributed by atoms with Crippen LogP contribution in [0.2, 0.25) is 0 Å². The molecule has 2 rings (SSSR count). The van der Waals surface area contributed by atoms with Crippen LogP contribution >= 0.6 is 0 Å². The van der Waals surface area contributed by atoms with Gasteiger partial charge in [0.1, 0.15) is 0 Å². The molecule has 0 spiro atoms. The Hall–Kier alpha value is -0.680. The predicted octanol–water partition coefficient (Wildman–Crippen LogP) is 1.27. The van der Waals surface area contributed by atoms with Crippen molar-refractivity contribution in [1.82, 2.24) is 13.5 Å². The molecular formula is C15H28N4O2S. The van der Waals surface area contributed by atoms with Crippen LogP contribution in [0.25, 0.3) is 0 Å². The van der Waals surface area contributed by atoms with Gasteiger partial charge in [-0.2, -0.15) is 22.3 Å². The van der Waals surface area contributed by atoms with Gasteiger partial charge in [0.05, 0.1) is 12.0 Å². The van der Waals surface area contributed by atoms with Crippen LogP contribution < -0.4 is 0 Å². The molecule has 2 fully saturated rings. The second-order valence-electron chi connectivity index (χ2n) is 6.55. The lowest BCUT2D eigenvalue weighted by molar-refractivity contribution is 0.222. The summed E-state index contributed by atoms with van der Waals surface area (Å²) in [5.41, 5.74) is 0. The Labute approximate surface area is 134 Å². The molecule has 126 valence electrons. The van der Waals surface area contributed by atoms with Gasteiger partial charge in [0.25, 0.3) is 10.2 Å². The lowest BCUT2D eigenvalue weighted by Gasteiger charge is -2.28. The summed E-state index contributed by atoms with van der Waals surface area (Å²) in [5, 5.41) is 8.87. The summed E-state index contributed by atoms with van der Waals surface area (Å²) in [5.74, 6) is -0.288. The standard InChI is InChI=1S/C15H28N4O2S/c1-14(12-16)13-17(2)22(20,21)19-10-5-6-15(7-11-19)18-8-3-4-9-18/h14-15H,3-11,13H2,1-2H3/t14-,15-/m0/s1. The van der Waals surface area contributed by atoms with Crippen LogP contribution in [0.3, 0.4) is 0 Å². The van der Waals surface area contributed by atoms with Gasteiger partial charge in [0, 0.05) is 32.7 Å². The minimum absolute atomic E-state index is 0.255. The average Bonchev–Trinajstić information content (AvgIpc) is 2.91. The third-order valence-electron chi connectivity index (χ3n) is 4.79. The van der Waals surface area contributed by atoms with Gasteiger partial charge < -0.3 is 4.90 Å². The zero-order valence-corrected chi connectivity index (χ0v) is 14.6. The Morgan fingerprint density at radius 1 is 1.18 bits per heavy atom. The zero-order valence-electron chi connectivity index (χ0n) is 13.7. The van der Waals surface area contributed by atoms with Crippen molar-refractivity contribution in [2.24, 2.45) is 5.92 Å². The normalized spacial score (nSPS) is 26.7. The molecule has 2 atom stereocenters. The lowest BCUT2D eigenvalue weighted by Crippen LogP contribution is -2.44. The van der Waals surface area contributed by atoms with Crippen LogP contribution in [0, 0.1) is 17.2 Å². The predicted molar refractivity (Wildman–Crippen MR) is 86.3 cm³/mol. The Morgan fingerprint density at radius 2 is 1.86 bits per heavy atom. The Balaban J connectivity index is 1.95. The molecule has 0 amide bonds. The van der Waals surface area contributed by atoms with Crippen molar-refractivity contribution >= 4 is 10.2 Å². The summed E-state index contributed by atoms with van der Waals surface area (Å²) in [7, 11) is -1.87. The maximum atomic E-state index is 12.6. The third-order valence-corrected chi connectivity index (χ3v) is 6.74. The number of nitriles is 1. The van der Waals surface area contributed by atoms with Crippen molar-refractivity contribution in [2.45, 2.75) is 45.1 Å². The molecule has 0 unspecified atom stereocenters. The van der Waals surface area contributed by atoms with Crippen LogP contribution in [0.1, 0.15) is 39.0 Å². The first-order valence-electron chi connectivity index (χ1n) is 8.30. The molecule has 0 saturated carbocycles. The number of hydrogen-bond acceptors (Lipinski definition) is 4. The fourth-order valence-electron chi connectivity index (χ4n) is 3.47. The smallest absolute Gasteiger partial charge is 0.281 e. The Morgan fingerprint density at radius 3 is 2.50 bits per heavy atom. The lowest BCUT2D eigenvalue weighted by atomic mass is 10.1. The fraction of sp³-hybridized carbons (Fsp3) is 0.933. The van der Waals surface area contributed by atoms with Gasteiger partial charge in [0.15, 0.2) is 0 Å². The molecule has 0 aliphatic carbocycles. The van der Waals surface area contributed by atoms with Crippen LogP contribution in [0.5, 0.6) is 0 Å². The van der Waals surface area contributed by atoms with E-state index in [0.29, 0.717) is 19.1 Å². The monoisotopic (exact) mass is 328 g/mol. The molecule has 0 aromatic carbocycles. The molecule has 2 aliphatic rings. The highest BCUT2D eigenvalue weighted by molar-refractivity contribution is 7.86. The van der Waals surface area contributed by atoms with Crippen molar-refractivity contribution in [2.75, 3.05) is 39.8 Å². The summed E-state index contributed by atoms with van der Waals surface area (Å²) >= 11 is 0. The molecule has 2 saturated heterocycles. The summed E-state index contributed by atoms with van der Waals surface area (Å²) < 4.78 is 28.2. The molecule has 2 aliphatic heterocycles. The van der Waals surface area contributed by atoms with Crippen LogP contribution in [0.4, 0.5) is 0 Å². The van der Waals surface area contributed by atoms with Crippen LogP contribution in [-0.2, 0) is 10.2 Å². The summed E-state index contributed by atoms with van der Waals surface area (Å²) in [4.78, 5) is 2.53. The molecule has 0 aromatic heterocycles. The van der Waals surface area contributed by atoms with Gasteiger partial charge in [-0.05, 0) is 52.1 Å². The quantitative estimate of drug-likeness (QED) is 0.762. The van der Waals surface area contributed by atoms with E-state index in [2.05, 4.69) is 11.0 Å². The van der Waals surface area contributed by atoms with Gasteiger partial charge in [-0.1, -0.05) is 0 Å². The van der Waals surface area contributed by atoms with Crippen molar-refractivity contribution in [3.05, 3.63) is 0 Å². The number of rotatable bonds is 5. The van der Waals surface area contributed by atoms with Crippen molar-refractivity contribution in [3.8, 4) is 6.07 Å². The van der Waals surface area contributed by atoms with E-state index < -0.39 is 10.2 Å². The van der Waals surface area contributed by atoms with E-state index in [1.165, 1.54) is 17.1 Å². The molecule has 0 aromatic rings. The molecular weight excluding hydrogens is 300 g/mol. The van der Waals surface area contributed by atoms with Crippen LogP contribution in [-0.4, -0.2) is 67.7 Å². The second kappa shape index (κ2) is 7.73. The van der Waals surface area contributed by atoms with Crippen molar-refractivity contribution in [1.29, 1.82) is 5.26 Å². The van der Waals surface area contributed by atoms with Gasteiger partial charge in [-0.15, -0.1) is 0 Å². The first kappa shape index (κ1) is 17.7. The molecule has 0 bridgehead atoms. The summed E-state index contributed by atoms with van der Waals surface area (Å²) in [6, 6.07) is 2.63. The highest BCUT2D eigenvalue weighted by Gasteiger charge is 2.32. The number of hydrogen-bond donors (Lipinski definition) is 0. The van der Waals surface area contributed by atoms with Crippen molar-refractivity contribution < 1.29 is 8.42 Å². The third kappa shape index (κ3) is 4.19. The molecule has 6 nitrogen and oxygen atoms in total. The highest BCUT2D eigenvalue weighted by atomic mass is 32.2. The van der Waals surface area contributed by atoms with E-state index in [-0.39, 0.29) is 12.5 Å². The summed E-state index contributed by atoms with van der Waals surface area (Å²) in [6.07, 6.45) is 5.47. The van der Waals surface area contributed by atoms with E-state index in [4.69, 9.17) is 5.26 Å². The van der Waals surface area contributed by atoms with Gasteiger partial charge in [-0.3, -0.25) is 0 Å². The molecule has 0 N–H and O–H groups in total. The van der Waals surface area contributed by atoms with E-state index >= 15 is 0 Å².